The van der Waals surface area contributed by atoms with Crippen LogP contribution in [0.1, 0.15) is 55.3 Å². The lowest BCUT2D eigenvalue weighted by atomic mass is 9.88. The van der Waals surface area contributed by atoms with Crippen molar-refractivity contribution < 1.29 is 19.5 Å². The van der Waals surface area contributed by atoms with E-state index in [0.29, 0.717) is 30.6 Å². The topological polar surface area (TPSA) is 86.7 Å². The number of carbonyl (C=O) groups is 3. The Kier molecular flexibility index (Phi) is 5.36. The van der Waals surface area contributed by atoms with Crippen molar-refractivity contribution in [2.75, 3.05) is 11.9 Å². The fraction of sp³-hybridized carbons (Fsp3) is 0.526. The maximum absolute atomic E-state index is 12.7. The predicted octanol–water partition coefficient (Wildman–Crippen LogP) is 2.89. The molecule has 1 aromatic rings. The Hall–Kier alpha value is -2.37. The number of nitrogens with zero attached hydrogens (tertiary/aromatic N) is 1. The summed E-state index contributed by atoms with van der Waals surface area (Å²) in [4.78, 5) is 37.7. The Bertz CT molecular complexity index is 667. The maximum atomic E-state index is 12.7. The fourth-order valence-electron chi connectivity index (χ4n) is 3.77. The van der Waals surface area contributed by atoms with E-state index in [2.05, 4.69) is 5.32 Å². The summed E-state index contributed by atoms with van der Waals surface area (Å²) >= 11 is 0. The highest BCUT2D eigenvalue weighted by Crippen LogP contribution is 2.26. The second kappa shape index (κ2) is 7.68. The van der Waals surface area contributed by atoms with Gasteiger partial charge in [0.2, 0.25) is 5.91 Å². The van der Waals surface area contributed by atoms with Crippen molar-refractivity contribution in [3.8, 4) is 0 Å². The van der Waals surface area contributed by atoms with Crippen molar-refractivity contribution in [1.29, 1.82) is 0 Å². The molecule has 25 heavy (non-hydrogen) atoms. The predicted molar refractivity (Wildman–Crippen MR) is 93.3 cm³/mol. The first-order valence-electron chi connectivity index (χ1n) is 9.01. The summed E-state index contributed by atoms with van der Waals surface area (Å²) < 4.78 is 0. The molecule has 3 rings (SSSR count). The summed E-state index contributed by atoms with van der Waals surface area (Å²) in [6.45, 7) is 0.453. The standard InChI is InChI=1S/C19H24N2O4/c22-17(13-6-2-1-3-7-13)20-15-9-4-8-14(12-15)18(23)21-11-5-10-16(21)19(24)25/h4,8-9,12-13,16H,1-3,5-7,10-11H2,(H,20,22)(H,24,25)/t16-/m1/s1. The number of aliphatic carboxylic acids is 1. The van der Waals surface area contributed by atoms with Crippen LogP contribution in [-0.4, -0.2) is 40.4 Å². The van der Waals surface area contributed by atoms with E-state index in [1.807, 2.05) is 0 Å². The van der Waals surface area contributed by atoms with E-state index in [9.17, 15) is 19.5 Å². The zero-order valence-corrected chi connectivity index (χ0v) is 14.2. The third-order valence-corrected chi connectivity index (χ3v) is 5.15. The summed E-state index contributed by atoms with van der Waals surface area (Å²) in [5, 5.41) is 12.2. The zero-order valence-electron chi connectivity index (χ0n) is 14.2. The van der Waals surface area contributed by atoms with E-state index in [1.54, 1.807) is 24.3 Å². The zero-order chi connectivity index (χ0) is 17.8. The molecule has 1 aliphatic carbocycles. The van der Waals surface area contributed by atoms with Gasteiger partial charge in [-0.25, -0.2) is 4.79 Å². The molecule has 0 unspecified atom stereocenters. The van der Waals surface area contributed by atoms with Gasteiger partial charge in [-0.1, -0.05) is 25.3 Å². The van der Waals surface area contributed by atoms with E-state index in [0.717, 1.165) is 25.7 Å². The average molecular weight is 344 g/mol. The average Bonchev–Trinajstić information content (AvgIpc) is 3.12. The number of nitrogens with one attached hydrogen (secondary N) is 1. The lowest BCUT2D eigenvalue weighted by Gasteiger charge is -2.22. The molecule has 2 N–H and O–H groups in total. The van der Waals surface area contributed by atoms with Gasteiger partial charge >= 0.3 is 5.97 Å². The summed E-state index contributed by atoms with van der Waals surface area (Å²) in [6.07, 6.45) is 6.37. The Balaban J connectivity index is 1.69. The minimum Gasteiger partial charge on any atom is -0.480 e. The van der Waals surface area contributed by atoms with E-state index in [4.69, 9.17) is 0 Å². The molecule has 6 heteroatoms. The highest BCUT2D eigenvalue weighted by Gasteiger charge is 2.34. The monoisotopic (exact) mass is 344 g/mol. The van der Waals surface area contributed by atoms with Crippen LogP contribution in [-0.2, 0) is 9.59 Å². The van der Waals surface area contributed by atoms with Crippen LogP contribution >= 0.6 is 0 Å². The SMILES string of the molecule is O=C(Nc1cccc(C(=O)N2CCC[C@@H]2C(=O)O)c1)C1CCCCC1. The summed E-state index contributed by atoms with van der Waals surface area (Å²) in [5.41, 5.74) is 1.00. The number of carboxylic acids is 1. The van der Waals surface area contributed by atoms with Crippen LogP contribution in [0.4, 0.5) is 5.69 Å². The molecule has 0 radical (unpaired) electrons. The van der Waals surface area contributed by atoms with Gasteiger partial charge in [0.05, 0.1) is 0 Å². The van der Waals surface area contributed by atoms with Crippen LogP contribution in [0.2, 0.25) is 0 Å². The molecule has 0 spiro atoms. The van der Waals surface area contributed by atoms with Crippen LogP contribution in [0, 0.1) is 5.92 Å². The second-order valence-corrected chi connectivity index (χ2v) is 6.90. The van der Waals surface area contributed by atoms with Gasteiger partial charge in [0.15, 0.2) is 0 Å². The van der Waals surface area contributed by atoms with E-state index in [1.165, 1.54) is 11.3 Å². The van der Waals surface area contributed by atoms with Gasteiger partial charge in [-0.15, -0.1) is 0 Å². The Morgan fingerprint density at radius 2 is 1.80 bits per heavy atom. The van der Waals surface area contributed by atoms with E-state index < -0.39 is 12.0 Å². The van der Waals surface area contributed by atoms with Gasteiger partial charge in [-0.2, -0.15) is 0 Å². The van der Waals surface area contributed by atoms with Gasteiger partial charge in [-0.05, 0) is 43.9 Å². The molecule has 0 aromatic heterocycles. The van der Waals surface area contributed by atoms with E-state index in [-0.39, 0.29) is 17.7 Å². The molecule has 2 amide bonds. The largest absolute Gasteiger partial charge is 0.480 e. The molecule has 1 saturated heterocycles. The van der Waals surface area contributed by atoms with Crippen molar-refractivity contribution >= 4 is 23.5 Å². The Labute approximate surface area is 147 Å². The number of hydrogen-bond donors (Lipinski definition) is 2. The van der Waals surface area contributed by atoms with Gasteiger partial charge in [0.25, 0.3) is 5.91 Å². The molecule has 1 aliphatic heterocycles. The van der Waals surface area contributed by atoms with Gasteiger partial charge in [0.1, 0.15) is 6.04 Å². The molecular formula is C19H24N2O4. The molecule has 1 aromatic carbocycles. The van der Waals surface area contributed by atoms with Crippen LogP contribution < -0.4 is 5.32 Å². The Morgan fingerprint density at radius 3 is 2.52 bits per heavy atom. The van der Waals surface area contributed by atoms with Crippen LogP contribution in [0.25, 0.3) is 0 Å². The first kappa shape index (κ1) is 17.5. The molecular weight excluding hydrogens is 320 g/mol. The molecule has 2 fully saturated rings. The Morgan fingerprint density at radius 1 is 1.04 bits per heavy atom. The first-order valence-corrected chi connectivity index (χ1v) is 9.01. The second-order valence-electron chi connectivity index (χ2n) is 6.90. The summed E-state index contributed by atoms with van der Waals surface area (Å²) in [6, 6.07) is 6.02. The molecule has 1 heterocycles. The van der Waals surface area contributed by atoms with Gasteiger partial charge in [-0.3, -0.25) is 9.59 Å². The van der Waals surface area contributed by atoms with Crippen molar-refractivity contribution in [3.63, 3.8) is 0 Å². The number of rotatable bonds is 4. The number of carbonyl (C=O) groups excluding carboxylic acids is 2. The lowest BCUT2D eigenvalue weighted by molar-refractivity contribution is -0.141. The number of amides is 2. The van der Waals surface area contributed by atoms with Crippen LogP contribution in [0.5, 0.6) is 0 Å². The van der Waals surface area contributed by atoms with Crippen molar-refractivity contribution in [2.24, 2.45) is 5.92 Å². The maximum Gasteiger partial charge on any atom is 0.326 e. The third kappa shape index (κ3) is 4.00. The minimum absolute atomic E-state index is 0.00823. The van der Waals surface area contributed by atoms with Gasteiger partial charge in [0, 0.05) is 23.7 Å². The normalized spacial score (nSPS) is 21.1. The summed E-state index contributed by atoms with van der Waals surface area (Å²) in [5.74, 6) is -1.21. The van der Waals surface area contributed by atoms with Crippen molar-refractivity contribution in [2.45, 2.75) is 51.0 Å². The molecule has 0 bridgehead atoms. The van der Waals surface area contributed by atoms with Crippen molar-refractivity contribution in [1.82, 2.24) is 4.90 Å². The first-order chi connectivity index (χ1) is 12.1. The van der Waals surface area contributed by atoms with Crippen LogP contribution in [0.15, 0.2) is 24.3 Å². The number of hydrogen-bond acceptors (Lipinski definition) is 3. The number of anilines is 1. The minimum atomic E-state index is -0.965. The lowest BCUT2D eigenvalue weighted by Crippen LogP contribution is -2.40. The summed E-state index contributed by atoms with van der Waals surface area (Å²) in [7, 11) is 0. The number of carboxylic acid groups (broad SMARTS) is 1. The van der Waals surface area contributed by atoms with Gasteiger partial charge < -0.3 is 15.3 Å². The molecule has 134 valence electrons. The molecule has 1 saturated carbocycles. The molecule has 1 atom stereocenters. The van der Waals surface area contributed by atoms with Crippen LogP contribution in [0.3, 0.4) is 0 Å². The quantitative estimate of drug-likeness (QED) is 0.879. The highest BCUT2D eigenvalue weighted by molar-refractivity contribution is 5.99. The smallest absolute Gasteiger partial charge is 0.326 e. The molecule has 2 aliphatic rings. The van der Waals surface area contributed by atoms with E-state index >= 15 is 0 Å². The van der Waals surface area contributed by atoms with Crippen molar-refractivity contribution in [3.05, 3.63) is 29.8 Å². The number of likely N-dealkylation sites (tertiary alicyclic amines) is 1. The fourth-order valence-corrected chi connectivity index (χ4v) is 3.77. The third-order valence-electron chi connectivity index (χ3n) is 5.15. The molecule has 6 nitrogen and oxygen atoms in total. The highest BCUT2D eigenvalue weighted by atomic mass is 16.4. The number of benzene rings is 1.